The van der Waals surface area contributed by atoms with Gasteiger partial charge < -0.3 is 14.8 Å². The summed E-state index contributed by atoms with van der Waals surface area (Å²) in [6.45, 7) is 2.70. The minimum absolute atomic E-state index is 0.0354. The predicted molar refractivity (Wildman–Crippen MR) is 83.9 cm³/mol. The van der Waals surface area contributed by atoms with Gasteiger partial charge in [-0.15, -0.1) is 0 Å². The Kier molecular flexibility index (Phi) is 7.80. The van der Waals surface area contributed by atoms with E-state index in [4.69, 9.17) is 9.47 Å². The molecular formula is C15H25NO3S. The SMILES string of the molecule is CNC(CS(=O)CCCOC)c1cc(C)ccc1OC. The predicted octanol–water partition coefficient (Wildman–Crippen LogP) is 2.05. The number of hydrogen-bond acceptors (Lipinski definition) is 4. The number of nitrogens with one attached hydrogen (secondary N) is 1. The van der Waals surface area contributed by atoms with E-state index in [1.54, 1.807) is 14.2 Å². The van der Waals surface area contributed by atoms with Crippen LogP contribution in [-0.4, -0.2) is 43.6 Å². The second-order valence-corrected chi connectivity index (χ2v) is 6.36. The molecule has 1 N–H and O–H groups in total. The van der Waals surface area contributed by atoms with Crippen LogP contribution in [0.2, 0.25) is 0 Å². The molecule has 0 aliphatic rings. The number of aryl methyl sites for hydroxylation is 1. The van der Waals surface area contributed by atoms with E-state index < -0.39 is 10.8 Å². The van der Waals surface area contributed by atoms with Crippen molar-refractivity contribution in [1.82, 2.24) is 5.32 Å². The lowest BCUT2D eigenvalue weighted by molar-refractivity contribution is 0.200. The Labute approximate surface area is 124 Å². The molecular weight excluding hydrogens is 274 g/mol. The van der Waals surface area contributed by atoms with Crippen LogP contribution < -0.4 is 10.1 Å². The highest BCUT2D eigenvalue weighted by atomic mass is 32.2. The molecule has 0 spiro atoms. The molecule has 0 aliphatic carbocycles. The zero-order chi connectivity index (χ0) is 15.0. The van der Waals surface area contributed by atoms with Crippen LogP contribution in [0.25, 0.3) is 0 Å². The summed E-state index contributed by atoms with van der Waals surface area (Å²) >= 11 is 0. The van der Waals surface area contributed by atoms with Crippen molar-refractivity contribution in [3.05, 3.63) is 29.3 Å². The van der Waals surface area contributed by atoms with Crippen molar-refractivity contribution in [3.63, 3.8) is 0 Å². The van der Waals surface area contributed by atoms with Gasteiger partial charge in [-0.25, -0.2) is 0 Å². The highest BCUT2D eigenvalue weighted by Gasteiger charge is 2.17. The summed E-state index contributed by atoms with van der Waals surface area (Å²) in [5.74, 6) is 2.09. The van der Waals surface area contributed by atoms with Crippen LogP contribution in [0.1, 0.15) is 23.6 Å². The van der Waals surface area contributed by atoms with Gasteiger partial charge in [-0.1, -0.05) is 17.7 Å². The monoisotopic (exact) mass is 299 g/mol. The molecule has 5 heteroatoms. The van der Waals surface area contributed by atoms with E-state index in [1.807, 2.05) is 26.1 Å². The molecule has 1 rings (SSSR count). The van der Waals surface area contributed by atoms with Gasteiger partial charge in [-0.3, -0.25) is 4.21 Å². The first-order valence-electron chi connectivity index (χ1n) is 6.78. The number of benzene rings is 1. The van der Waals surface area contributed by atoms with Gasteiger partial charge in [0.1, 0.15) is 5.75 Å². The van der Waals surface area contributed by atoms with Crippen molar-refractivity contribution >= 4 is 10.8 Å². The molecule has 1 aromatic carbocycles. The number of rotatable bonds is 9. The average Bonchev–Trinajstić information content (AvgIpc) is 2.45. The van der Waals surface area contributed by atoms with Crippen molar-refractivity contribution in [3.8, 4) is 5.75 Å². The van der Waals surface area contributed by atoms with Gasteiger partial charge in [0, 0.05) is 47.6 Å². The fraction of sp³-hybridized carbons (Fsp3) is 0.600. The minimum atomic E-state index is -0.867. The van der Waals surface area contributed by atoms with Crippen molar-refractivity contribution in [2.45, 2.75) is 19.4 Å². The fourth-order valence-corrected chi connectivity index (χ4v) is 3.41. The second kappa shape index (κ2) is 9.10. The Bertz CT molecular complexity index is 437. The molecule has 0 bridgehead atoms. The third-order valence-corrected chi connectivity index (χ3v) is 4.63. The van der Waals surface area contributed by atoms with Gasteiger partial charge in [-0.2, -0.15) is 0 Å². The molecule has 0 heterocycles. The highest BCUT2D eigenvalue weighted by molar-refractivity contribution is 7.85. The van der Waals surface area contributed by atoms with Crippen LogP contribution in [0.3, 0.4) is 0 Å². The molecule has 0 fully saturated rings. The van der Waals surface area contributed by atoms with Crippen molar-refractivity contribution < 1.29 is 13.7 Å². The van der Waals surface area contributed by atoms with Gasteiger partial charge in [0.15, 0.2) is 0 Å². The molecule has 0 radical (unpaired) electrons. The Morgan fingerprint density at radius 2 is 2.10 bits per heavy atom. The maximum Gasteiger partial charge on any atom is 0.123 e. The zero-order valence-electron chi connectivity index (χ0n) is 12.8. The quantitative estimate of drug-likeness (QED) is 0.709. The Morgan fingerprint density at radius 1 is 1.35 bits per heavy atom. The van der Waals surface area contributed by atoms with Crippen molar-refractivity contribution in [1.29, 1.82) is 0 Å². The van der Waals surface area contributed by atoms with E-state index in [-0.39, 0.29) is 6.04 Å². The first kappa shape index (κ1) is 17.1. The largest absolute Gasteiger partial charge is 0.496 e. The van der Waals surface area contributed by atoms with E-state index in [1.165, 1.54) is 5.56 Å². The molecule has 2 atom stereocenters. The molecule has 0 aromatic heterocycles. The molecule has 4 nitrogen and oxygen atoms in total. The van der Waals surface area contributed by atoms with E-state index >= 15 is 0 Å². The molecule has 20 heavy (non-hydrogen) atoms. The lowest BCUT2D eigenvalue weighted by atomic mass is 10.0. The molecule has 0 aliphatic heterocycles. The van der Waals surface area contributed by atoms with Gasteiger partial charge in [0.2, 0.25) is 0 Å². The topological polar surface area (TPSA) is 47.6 Å². The van der Waals surface area contributed by atoms with Gasteiger partial charge in [-0.05, 0) is 26.5 Å². The summed E-state index contributed by atoms with van der Waals surface area (Å²) in [7, 11) is 4.35. The van der Waals surface area contributed by atoms with E-state index in [0.717, 1.165) is 17.7 Å². The van der Waals surface area contributed by atoms with Gasteiger partial charge in [0.25, 0.3) is 0 Å². The second-order valence-electron chi connectivity index (χ2n) is 4.74. The first-order valence-corrected chi connectivity index (χ1v) is 8.26. The van der Waals surface area contributed by atoms with Crippen LogP contribution in [0.15, 0.2) is 18.2 Å². The lowest BCUT2D eigenvalue weighted by Crippen LogP contribution is -2.24. The van der Waals surface area contributed by atoms with Gasteiger partial charge in [0.05, 0.1) is 7.11 Å². The fourth-order valence-electron chi connectivity index (χ4n) is 2.09. The molecule has 2 unspecified atom stereocenters. The number of ether oxygens (including phenoxy) is 2. The van der Waals surface area contributed by atoms with Gasteiger partial charge >= 0.3 is 0 Å². The summed E-state index contributed by atoms with van der Waals surface area (Å²) in [6, 6.07) is 6.10. The number of methoxy groups -OCH3 is 2. The molecule has 0 amide bonds. The smallest absolute Gasteiger partial charge is 0.123 e. The molecule has 114 valence electrons. The third kappa shape index (κ3) is 5.23. The minimum Gasteiger partial charge on any atom is -0.496 e. The van der Waals surface area contributed by atoms with Crippen LogP contribution in [0, 0.1) is 6.92 Å². The normalized spacial score (nSPS) is 14.0. The average molecular weight is 299 g/mol. The Balaban J connectivity index is 2.75. The van der Waals surface area contributed by atoms with E-state index in [9.17, 15) is 4.21 Å². The van der Waals surface area contributed by atoms with Crippen LogP contribution >= 0.6 is 0 Å². The zero-order valence-corrected chi connectivity index (χ0v) is 13.6. The van der Waals surface area contributed by atoms with E-state index in [0.29, 0.717) is 18.1 Å². The Morgan fingerprint density at radius 3 is 2.70 bits per heavy atom. The maximum atomic E-state index is 12.1. The summed E-state index contributed by atoms with van der Waals surface area (Å²) in [5.41, 5.74) is 2.24. The van der Waals surface area contributed by atoms with Crippen LogP contribution in [-0.2, 0) is 15.5 Å². The Hall–Kier alpha value is -0.910. The van der Waals surface area contributed by atoms with E-state index in [2.05, 4.69) is 11.4 Å². The lowest BCUT2D eigenvalue weighted by Gasteiger charge is -2.19. The van der Waals surface area contributed by atoms with Crippen molar-refractivity contribution in [2.24, 2.45) is 0 Å². The van der Waals surface area contributed by atoms with Crippen LogP contribution in [0.4, 0.5) is 0 Å². The highest BCUT2D eigenvalue weighted by Crippen LogP contribution is 2.26. The summed E-state index contributed by atoms with van der Waals surface area (Å²) in [6.07, 6.45) is 0.824. The summed E-state index contributed by atoms with van der Waals surface area (Å²) < 4.78 is 22.5. The standard InChI is InChI=1S/C15H25NO3S/c1-12-6-7-15(19-4)13(10-12)14(16-2)11-20(17)9-5-8-18-3/h6-7,10,14,16H,5,8-9,11H2,1-4H3. The number of hydrogen-bond donors (Lipinski definition) is 1. The maximum absolute atomic E-state index is 12.1. The molecule has 1 aromatic rings. The molecule has 0 saturated carbocycles. The summed E-state index contributed by atoms with van der Waals surface area (Å²) in [5, 5.41) is 3.24. The molecule has 0 saturated heterocycles. The first-order chi connectivity index (χ1) is 9.62. The third-order valence-electron chi connectivity index (χ3n) is 3.18. The summed E-state index contributed by atoms with van der Waals surface area (Å²) in [4.78, 5) is 0. The van der Waals surface area contributed by atoms with Crippen LogP contribution in [0.5, 0.6) is 5.75 Å². The van der Waals surface area contributed by atoms with Crippen molar-refractivity contribution in [2.75, 3.05) is 39.4 Å².